The van der Waals surface area contributed by atoms with Crippen LogP contribution in [0.5, 0.6) is 0 Å². The summed E-state index contributed by atoms with van der Waals surface area (Å²) in [7, 11) is 0. The molecule has 0 radical (unpaired) electrons. The SMILES string of the molecule is Cc1nc2cc(C3CC4OC4(C)CCCC(C)C(O)C(C)C(=O)C(C)(C)C(O)CC(=O)O3)ccc2n1CCN. The third-order valence-electron chi connectivity index (χ3n) is 9.09. The van der Waals surface area contributed by atoms with Crippen molar-refractivity contribution in [3.63, 3.8) is 0 Å². The van der Waals surface area contributed by atoms with Crippen molar-refractivity contribution in [3.05, 3.63) is 29.6 Å². The van der Waals surface area contributed by atoms with Gasteiger partial charge in [-0.2, -0.15) is 0 Å². The molecule has 4 N–H and O–H groups in total. The number of fused-ring (bicyclic) bond motifs is 2. The number of imidazole rings is 1. The van der Waals surface area contributed by atoms with Gasteiger partial charge in [0.15, 0.2) is 0 Å². The lowest BCUT2D eigenvalue weighted by Gasteiger charge is -2.34. The Hall–Kier alpha value is -2.33. The summed E-state index contributed by atoms with van der Waals surface area (Å²) in [5.74, 6) is -0.746. The van der Waals surface area contributed by atoms with Crippen molar-refractivity contribution >= 4 is 22.8 Å². The summed E-state index contributed by atoms with van der Waals surface area (Å²) in [6.07, 6.45) is -0.208. The first-order valence-corrected chi connectivity index (χ1v) is 14.2. The molecule has 9 heteroatoms. The van der Waals surface area contributed by atoms with Crippen LogP contribution in [0.3, 0.4) is 0 Å². The van der Waals surface area contributed by atoms with Crippen LogP contribution >= 0.6 is 0 Å². The number of hydrogen-bond acceptors (Lipinski definition) is 8. The zero-order chi connectivity index (χ0) is 28.7. The standard InChI is InChI=1S/C30H45N3O6/c1-17-8-7-11-30(6)25(39-30)15-23(20-9-10-22-21(14-20)32-19(3)33(22)13-12-31)38-26(35)16-24(34)29(4,5)28(37)18(2)27(17)36/h9-10,14,17-18,23-25,27,34,36H,7-8,11-13,15-16,31H2,1-6H3. The molecule has 0 amide bonds. The number of rotatable bonds is 3. The van der Waals surface area contributed by atoms with E-state index in [-0.39, 0.29) is 29.8 Å². The summed E-state index contributed by atoms with van der Waals surface area (Å²) < 4.78 is 14.2. The maximum Gasteiger partial charge on any atom is 0.309 e. The number of ketones is 1. The van der Waals surface area contributed by atoms with Gasteiger partial charge in [-0.1, -0.05) is 40.2 Å². The van der Waals surface area contributed by atoms with Crippen LogP contribution in [0.4, 0.5) is 0 Å². The summed E-state index contributed by atoms with van der Waals surface area (Å²) in [5, 5.41) is 21.9. The molecule has 7 atom stereocenters. The maximum atomic E-state index is 13.3. The fourth-order valence-corrected chi connectivity index (χ4v) is 6.10. The largest absolute Gasteiger partial charge is 0.457 e. The number of epoxide rings is 1. The molecular formula is C30H45N3O6. The van der Waals surface area contributed by atoms with Gasteiger partial charge in [-0.3, -0.25) is 9.59 Å². The van der Waals surface area contributed by atoms with Crippen molar-refractivity contribution in [1.29, 1.82) is 0 Å². The number of nitrogens with zero attached hydrogens (tertiary/aromatic N) is 2. The fraction of sp³-hybridized carbons (Fsp3) is 0.700. The van der Waals surface area contributed by atoms with Gasteiger partial charge in [0.1, 0.15) is 17.7 Å². The molecular weight excluding hydrogens is 498 g/mol. The number of carbonyl (C=O) groups excluding carboxylic acids is 2. The van der Waals surface area contributed by atoms with Crippen LogP contribution in [0.2, 0.25) is 0 Å². The van der Waals surface area contributed by atoms with Crippen molar-refractivity contribution < 1.29 is 29.3 Å². The van der Waals surface area contributed by atoms with Crippen molar-refractivity contribution in [2.75, 3.05) is 6.54 Å². The van der Waals surface area contributed by atoms with E-state index in [0.29, 0.717) is 19.5 Å². The molecule has 9 nitrogen and oxygen atoms in total. The first-order chi connectivity index (χ1) is 18.3. The molecule has 0 bridgehead atoms. The number of aromatic nitrogens is 2. The van der Waals surface area contributed by atoms with Gasteiger partial charge < -0.3 is 30.0 Å². The molecule has 0 saturated carbocycles. The van der Waals surface area contributed by atoms with Crippen LogP contribution in [0, 0.1) is 24.2 Å². The Morgan fingerprint density at radius 1 is 1.18 bits per heavy atom. The maximum absolute atomic E-state index is 13.3. The summed E-state index contributed by atoms with van der Waals surface area (Å²) in [5.41, 5.74) is 6.80. The predicted octanol–water partition coefficient (Wildman–Crippen LogP) is 3.60. The minimum absolute atomic E-state index is 0.0856. The highest BCUT2D eigenvalue weighted by molar-refractivity contribution is 5.88. The number of cyclic esters (lactones) is 1. The van der Waals surface area contributed by atoms with Crippen molar-refractivity contribution in [1.82, 2.24) is 9.55 Å². The second-order valence-electron chi connectivity index (χ2n) is 12.4. The number of Topliss-reactive ketones (excluding diaryl/α,β-unsaturated/α-hetero) is 1. The monoisotopic (exact) mass is 543 g/mol. The fourth-order valence-electron chi connectivity index (χ4n) is 6.10. The highest BCUT2D eigenvalue weighted by atomic mass is 16.6. The molecule has 2 aliphatic rings. The Kier molecular flexibility index (Phi) is 8.57. The van der Waals surface area contributed by atoms with Gasteiger partial charge in [0.2, 0.25) is 0 Å². The number of nitrogens with two attached hydrogens (primary N) is 1. The lowest BCUT2D eigenvalue weighted by atomic mass is 9.73. The normalized spacial score (nSPS) is 34.5. The molecule has 2 aliphatic heterocycles. The second kappa shape index (κ2) is 11.3. The van der Waals surface area contributed by atoms with E-state index in [2.05, 4.69) is 11.5 Å². The number of ether oxygens (including phenoxy) is 2. The lowest BCUT2D eigenvalue weighted by Crippen LogP contribution is -2.45. The van der Waals surface area contributed by atoms with Crippen LogP contribution < -0.4 is 5.73 Å². The van der Waals surface area contributed by atoms with Crippen molar-refractivity contribution in [2.24, 2.45) is 23.0 Å². The van der Waals surface area contributed by atoms with E-state index in [9.17, 15) is 19.8 Å². The van der Waals surface area contributed by atoms with Crippen LogP contribution in [-0.2, 0) is 25.6 Å². The van der Waals surface area contributed by atoms with Gasteiger partial charge in [-0.25, -0.2) is 4.98 Å². The molecule has 1 aromatic heterocycles. The van der Waals surface area contributed by atoms with Crippen molar-refractivity contribution in [3.8, 4) is 0 Å². The zero-order valence-corrected chi connectivity index (χ0v) is 24.1. The van der Waals surface area contributed by atoms with E-state index in [0.717, 1.165) is 41.7 Å². The van der Waals surface area contributed by atoms with E-state index < -0.39 is 35.6 Å². The van der Waals surface area contributed by atoms with Gasteiger partial charge in [0.25, 0.3) is 0 Å². The first-order valence-electron chi connectivity index (χ1n) is 14.2. The number of hydrogen-bond donors (Lipinski definition) is 3. The Morgan fingerprint density at radius 3 is 2.59 bits per heavy atom. The van der Waals surface area contributed by atoms with Gasteiger partial charge in [-0.05, 0) is 50.3 Å². The quantitative estimate of drug-likeness (QED) is 0.394. The topological polar surface area (TPSA) is 140 Å². The van der Waals surface area contributed by atoms with Crippen LogP contribution in [0.15, 0.2) is 18.2 Å². The molecule has 2 aromatic rings. The molecule has 0 aliphatic carbocycles. The van der Waals surface area contributed by atoms with E-state index >= 15 is 0 Å². The summed E-state index contributed by atoms with van der Waals surface area (Å²) in [6, 6.07) is 5.87. The number of aliphatic hydroxyl groups is 2. The van der Waals surface area contributed by atoms with Crippen LogP contribution in [0.1, 0.15) is 84.2 Å². The number of carbonyl (C=O) groups is 2. The Balaban J connectivity index is 1.63. The molecule has 2 fully saturated rings. The molecule has 1 aromatic carbocycles. The highest BCUT2D eigenvalue weighted by Crippen LogP contribution is 2.46. The minimum Gasteiger partial charge on any atom is -0.457 e. The number of aryl methyl sites for hydroxylation is 1. The Labute approximate surface area is 231 Å². The number of benzene rings is 1. The average molecular weight is 544 g/mol. The second-order valence-corrected chi connectivity index (χ2v) is 12.4. The zero-order valence-electron chi connectivity index (χ0n) is 24.1. The van der Waals surface area contributed by atoms with Gasteiger partial charge in [-0.15, -0.1) is 0 Å². The number of aliphatic hydroxyl groups excluding tert-OH is 2. The lowest BCUT2D eigenvalue weighted by molar-refractivity contribution is -0.156. The van der Waals surface area contributed by atoms with Crippen LogP contribution in [-0.4, -0.2) is 62.0 Å². The molecule has 0 spiro atoms. The molecule has 2 saturated heterocycles. The third kappa shape index (κ3) is 6.06. The van der Waals surface area contributed by atoms with Gasteiger partial charge >= 0.3 is 5.97 Å². The number of esters is 1. The first kappa shape index (κ1) is 29.6. The molecule has 4 rings (SSSR count). The van der Waals surface area contributed by atoms with E-state index in [1.165, 1.54) is 0 Å². The predicted molar refractivity (Wildman–Crippen MR) is 148 cm³/mol. The van der Waals surface area contributed by atoms with Crippen LogP contribution in [0.25, 0.3) is 11.0 Å². The Morgan fingerprint density at radius 2 is 1.90 bits per heavy atom. The minimum atomic E-state index is -1.25. The van der Waals surface area contributed by atoms with E-state index in [1.807, 2.05) is 32.0 Å². The van der Waals surface area contributed by atoms with Gasteiger partial charge in [0, 0.05) is 25.4 Å². The smallest absolute Gasteiger partial charge is 0.309 e. The van der Waals surface area contributed by atoms with E-state index in [4.69, 9.17) is 20.2 Å². The average Bonchev–Trinajstić information content (AvgIpc) is 3.41. The van der Waals surface area contributed by atoms with Gasteiger partial charge in [0.05, 0.1) is 46.8 Å². The van der Waals surface area contributed by atoms with Crippen molar-refractivity contribution in [2.45, 2.75) is 110 Å². The van der Waals surface area contributed by atoms with E-state index in [1.54, 1.807) is 20.8 Å². The molecule has 3 heterocycles. The highest BCUT2D eigenvalue weighted by Gasteiger charge is 2.53. The molecule has 7 unspecified atom stereocenters. The summed E-state index contributed by atoms with van der Waals surface area (Å²) in [4.78, 5) is 31.2. The Bertz CT molecular complexity index is 1210. The molecule has 216 valence electrons. The third-order valence-corrected chi connectivity index (χ3v) is 9.09. The molecule has 39 heavy (non-hydrogen) atoms. The summed E-state index contributed by atoms with van der Waals surface area (Å²) in [6.45, 7) is 12.1. The summed E-state index contributed by atoms with van der Waals surface area (Å²) >= 11 is 0.